The Hall–Kier alpha value is -1.49. The van der Waals surface area contributed by atoms with Gasteiger partial charge in [-0.2, -0.15) is 13.2 Å². The van der Waals surface area contributed by atoms with Crippen molar-refractivity contribution in [2.75, 3.05) is 5.32 Å². The molecule has 0 bridgehead atoms. The lowest BCUT2D eigenvalue weighted by atomic mass is 10.1. The molecule has 0 saturated heterocycles. The van der Waals surface area contributed by atoms with Crippen LogP contribution >= 0.6 is 11.3 Å². The maximum Gasteiger partial charge on any atom is 0.418 e. The average Bonchev–Trinajstić information content (AvgIpc) is 3.10. The van der Waals surface area contributed by atoms with E-state index in [1.54, 1.807) is 17.4 Å². The molecule has 1 atom stereocenters. The van der Waals surface area contributed by atoms with E-state index in [0.29, 0.717) is 5.92 Å². The third kappa shape index (κ3) is 2.82. The van der Waals surface area contributed by atoms with Crippen LogP contribution < -0.4 is 5.32 Å². The monoisotopic (exact) mass is 297 g/mol. The van der Waals surface area contributed by atoms with Crippen LogP contribution in [-0.4, -0.2) is 0 Å². The molecule has 0 amide bonds. The number of benzene rings is 1. The standard InChI is InChI=1S/C15H14F3NS/c16-15(17,18)11-4-1-2-5-12(11)19-14(10-7-8-10)13-6-3-9-20-13/h1-6,9-10,14,19H,7-8H2. The van der Waals surface area contributed by atoms with Gasteiger partial charge in [-0.3, -0.25) is 0 Å². The van der Waals surface area contributed by atoms with Crippen molar-refractivity contribution in [1.82, 2.24) is 0 Å². The van der Waals surface area contributed by atoms with Gasteiger partial charge in [-0.05, 0) is 42.3 Å². The third-order valence-electron chi connectivity index (χ3n) is 3.49. The Labute approximate surface area is 119 Å². The molecule has 1 aliphatic carbocycles. The maximum absolute atomic E-state index is 13.0. The van der Waals surface area contributed by atoms with Crippen LogP contribution in [0.4, 0.5) is 18.9 Å². The molecule has 0 aliphatic heterocycles. The second kappa shape index (κ2) is 5.13. The third-order valence-corrected chi connectivity index (χ3v) is 4.44. The molecule has 0 spiro atoms. The molecule has 1 unspecified atom stereocenters. The van der Waals surface area contributed by atoms with Gasteiger partial charge in [0.05, 0.1) is 11.6 Å². The van der Waals surface area contributed by atoms with E-state index < -0.39 is 11.7 Å². The molecule has 1 N–H and O–H groups in total. The van der Waals surface area contributed by atoms with Crippen molar-refractivity contribution in [3.05, 3.63) is 52.2 Å². The lowest BCUT2D eigenvalue weighted by molar-refractivity contribution is -0.137. The molecule has 1 heterocycles. The highest BCUT2D eigenvalue weighted by Gasteiger charge is 2.37. The second-order valence-electron chi connectivity index (χ2n) is 5.02. The van der Waals surface area contributed by atoms with Gasteiger partial charge in [0, 0.05) is 10.6 Å². The molecule has 1 nitrogen and oxygen atoms in total. The molecule has 3 rings (SSSR count). The predicted octanol–water partition coefficient (Wildman–Crippen LogP) is 5.33. The van der Waals surface area contributed by atoms with E-state index >= 15 is 0 Å². The number of alkyl halides is 3. The van der Waals surface area contributed by atoms with Gasteiger partial charge in [0.15, 0.2) is 0 Å². The largest absolute Gasteiger partial charge is 0.418 e. The van der Waals surface area contributed by atoms with Crippen molar-refractivity contribution in [3.63, 3.8) is 0 Å². The number of thiophene rings is 1. The highest BCUT2D eigenvalue weighted by Crippen LogP contribution is 2.45. The molecule has 1 fully saturated rings. The molecule has 106 valence electrons. The molecule has 1 aliphatic rings. The zero-order valence-electron chi connectivity index (χ0n) is 10.7. The minimum atomic E-state index is -4.33. The number of anilines is 1. The van der Waals surface area contributed by atoms with Gasteiger partial charge in [-0.25, -0.2) is 0 Å². The Morgan fingerprint density at radius 1 is 1.10 bits per heavy atom. The lowest BCUT2D eigenvalue weighted by Crippen LogP contribution is -2.16. The molecule has 1 saturated carbocycles. The van der Waals surface area contributed by atoms with Crippen LogP contribution in [0.1, 0.15) is 29.3 Å². The summed E-state index contributed by atoms with van der Waals surface area (Å²) in [4.78, 5) is 1.10. The van der Waals surface area contributed by atoms with Gasteiger partial charge in [-0.1, -0.05) is 18.2 Å². The summed E-state index contributed by atoms with van der Waals surface area (Å²) in [6.45, 7) is 0. The van der Waals surface area contributed by atoms with Crippen LogP contribution in [0.5, 0.6) is 0 Å². The molecule has 2 aromatic rings. The van der Waals surface area contributed by atoms with Crippen molar-refractivity contribution in [3.8, 4) is 0 Å². The van der Waals surface area contributed by atoms with E-state index in [9.17, 15) is 13.2 Å². The summed E-state index contributed by atoms with van der Waals surface area (Å²) < 4.78 is 39.1. The van der Waals surface area contributed by atoms with Gasteiger partial charge in [0.2, 0.25) is 0 Å². The van der Waals surface area contributed by atoms with Crippen molar-refractivity contribution in [2.45, 2.75) is 25.1 Å². The van der Waals surface area contributed by atoms with Crippen molar-refractivity contribution in [2.24, 2.45) is 5.92 Å². The molecule has 5 heteroatoms. The smallest absolute Gasteiger partial charge is 0.377 e. The maximum atomic E-state index is 13.0. The number of para-hydroxylation sites is 1. The first-order valence-corrected chi connectivity index (χ1v) is 7.40. The SMILES string of the molecule is FC(F)(F)c1ccccc1NC(c1cccs1)C1CC1. The van der Waals surface area contributed by atoms with Crippen LogP contribution in [0, 0.1) is 5.92 Å². The summed E-state index contributed by atoms with van der Waals surface area (Å²) in [5.74, 6) is 0.440. The fourth-order valence-corrected chi connectivity index (χ4v) is 3.21. The topological polar surface area (TPSA) is 12.0 Å². The lowest BCUT2D eigenvalue weighted by Gasteiger charge is -2.21. The summed E-state index contributed by atoms with van der Waals surface area (Å²) >= 11 is 1.59. The summed E-state index contributed by atoms with van der Waals surface area (Å²) in [6, 6.07) is 9.59. The number of hydrogen-bond acceptors (Lipinski definition) is 2. The van der Waals surface area contributed by atoms with Crippen LogP contribution in [0.2, 0.25) is 0 Å². The van der Waals surface area contributed by atoms with Gasteiger partial charge >= 0.3 is 6.18 Å². The van der Waals surface area contributed by atoms with Crippen LogP contribution in [0.25, 0.3) is 0 Å². The zero-order chi connectivity index (χ0) is 14.2. The Balaban J connectivity index is 1.90. The Morgan fingerprint density at radius 3 is 2.45 bits per heavy atom. The minimum absolute atomic E-state index is 0.0153. The number of halogens is 3. The van der Waals surface area contributed by atoms with E-state index in [2.05, 4.69) is 5.32 Å². The first-order valence-electron chi connectivity index (χ1n) is 6.52. The highest BCUT2D eigenvalue weighted by molar-refractivity contribution is 7.10. The zero-order valence-corrected chi connectivity index (χ0v) is 11.5. The van der Waals surface area contributed by atoms with E-state index in [0.717, 1.165) is 23.8 Å². The van der Waals surface area contributed by atoms with Crippen LogP contribution in [0.15, 0.2) is 41.8 Å². The highest BCUT2D eigenvalue weighted by atomic mass is 32.1. The first kappa shape index (κ1) is 13.5. The normalized spacial score (nSPS) is 16.9. The van der Waals surface area contributed by atoms with Crippen molar-refractivity contribution < 1.29 is 13.2 Å². The van der Waals surface area contributed by atoms with Crippen LogP contribution in [0.3, 0.4) is 0 Å². The van der Waals surface area contributed by atoms with E-state index in [1.807, 2.05) is 17.5 Å². The molecule has 0 radical (unpaired) electrons. The summed E-state index contributed by atoms with van der Waals surface area (Å²) in [5, 5.41) is 5.07. The predicted molar refractivity (Wildman–Crippen MR) is 74.9 cm³/mol. The van der Waals surface area contributed by atoms with Gasteiger partial charge < -0.3 is 5.32 Å². The van der Waals surface area contributed by atoms with Gasteiger partial charge in [0.1, 0.15) is 0 Å². The van der Waals surface area contributed by atoms with E-state index in [1.165, 1.54) is 12.1 Å². The average molecular weight is 297 g/mol. The second-order valence-corrected chi connectivity index (χ2v) is 6.00. The number of nitrogens with one attached hydrogen (secondary N) is 1. The molecule has 1 aromatic carbocycles. The van der Waals surface area contributed by atoms with Gasteiger partial charge in [0.25, 0.3) is 0 Å². The van der Waals surface area contributed by atoms with E-state index in [-0.39, 0.29) is 11.7 Å². The van der Waals surface area contributed by atoms with Crippen molar-refractivity contribution in [1.29, 1.82) is 0 Å². The fourth-order valence-electron chi connectivity index (χ4n) is 2.34. The summed E-state index contributed by atoms with van der Waals surface area (Å²) in [5.41, 5.74) is -0.424. The number of rotatable bonds is 4. The minimum Gasteiger partial charge on any atom is -0.377 e. The quantitative estimate of drug-likeness (QED) is 0.804. The molecular weight excluding hydrogens is 283 g/mol. The van der Waals surface area contributed by atoms with Gasteiger partial charge in [-0.15, -0.1) is 11.3 Å². The fraction of sp³-hybridized carbons (Fsp3) is 0.333. The Morgan fingerprint density at radius 2 is 1.85 bits per heavy atom. The van der Waals surface area contributed by atoms with E-state index in [4.69, 9.17) is 0 Å². The molecule has 20 heavy (non-hydrogen) atoms. The molecule has 1 aromatic heterocycles. The van der Waals surface area contributed by atoms with Crippen molar-refractivity contribution >= 4 is 17.0 Å². The summed E-state index contributed by atoms with van der Waals surface area (Å²) in [7, 11) is 0. The summed E-state index contributed by atoms with van der Waals surface area (Å²) in [6.07, 6.45) is -2.18. The van der Waals surface area contributed by atoms with Crippen LogP contribution in [-0.2, 0) is 6.18 Å². The number of hydrogen-bond donors (Lipinski definition) is 1. The first-order chi connectivity index (χ1) is 9.55. The molecular formula is C15H14F3NS. The Bertz CT molecular complexity index is 573. The Kier molecular flexibility index (Phi) is 3.46.